The van der Waals surface area contributed by atoms with E-state index in [9.17, 15) is 14.7 Å². The number of fused-ring (bicyclic) bond motifs is 1. The summed E-state index contributed by atoms with van der Waals surface area (Å²) in [5.74, 6) is -1.62. The minimum Gasteiger partial charge on any atom is -0.507 e. The second-order valence-corrected chi connectivity index (χ2v) is 8.16. The van der Waals surface area contributed by atoms with Gasteiger partial charge >= 0.3 is 0 Å². The third-order valence-corrected chi connectivity index (χ3v) is 6.07. The number of amides is 1. The lowest BCUT2D eigenvalue weighted by molar-refractivity contribution is -0.132. The normalized spacial score (nSPS) is 17.9. The summed E-state index contributed by atoms with van der Waals surface area (Å²) in [7, 11) is 1.92. The average Bonchev–Trinajstić information content (AvgIpc) is 3.28. The van der Waals surface area contributed by atoms with Crippen LogP contribution in [0, 0.1) is 0 Å². The van der Waals surface area contributed by atoms with Gasteiger partial charge in [-0.25, -0.2) is 0 Å². The second kappa shape index (κ2) is 7.70. The highest BCUT2D eigenvalue weighted by Gasteiger charge is 2.47. The van der Waals surface area contributed by atoms with Gasteiger partial charge in [0.15, 0.2) is 0 Å². The molecule has 0 spiro atoms. The van der Waals surface area contributed by atoms with Gasteiger partial charge in [0.2, 0.25) is 0 Å². The summed E-state index contributed by atoms with van der Waals surface area (Å²) in [5.41, 5.74) is 2.79. The lowest BCUT2D eigenvalue weighted by Gasteiger charge is -2.25. The molecule has 1 aliphatic heterocycles. The van der Waals surface area contributed by atoms with Crippen molar-refractivity contribution in [2.45, 2.75) is 6.04 Å². The Morgan fingerprint density at radius 3 is 2.28 bits per heavy atom. The van der Waals surface area contributed by atoms with E-state index in [2.05, 4.69) is 0 Å². The van der Waals surface area contributed by atoms with Crippen molar-refractivity contribution < 1.29 is 14.7 Å². The van der Waals surface area contributed by atoms with E-state index in [0.29, 0.717) is 16.3 Å². The van der Waals surface area contributed by atoms with E-state index < -0.39 is 17.7 Å². The standard InChI is InChI=1S/C26H19ClN2O3/c1-28-15-20(19-9-5-6-10-21(19)28)23-22(24(30)16-11-13-17(27)14-12-16)25(31)26(32)29(23)18-7-3-2-4-8-18/h2-15,23,30H,1H3/b24-22+. The van der Waals surface area contributed by atoms with E-state index >= 15 is 0 Å². The van der Waals surface area contributed by atoms with Crippen molar-refractivity contribution in [2.75, 3.05) is 4.90 Å². The fourth-order valence-corrected chi connectivity index (χ4v) is 4.46. The number of aryl methyl sites for hydroxylation is 1. The monoisotopic (exact) mass is 442 g/mol. The minimum atomic E-state index is -0.779. The van der Waals surface area contributed by atoms with Gasteiger partial charge < -0.3 is 9.67 Å². The maximum absolute atomic E-state index is 13.3. The molecular weight excluding hydrogens is 424 g/mol. The highest BCUT2D eigenvalue weighted by Crippen LogP contribution is 2.44. The third-order valence-electron chi connectivity index (χ3n) is 5.82. The quantitative estimate of drug-likeness (QED) is 0.260. The Bertz CT molecular complexity index is 1390. The van der Waals surface area contributed by atoms with E-state index in [1.54, 1.807) is 36.4 Å². The number of Topliss-reactive ketones (excluding diaryl/α,β-unsaturated/α-hetero) is 1. The van der Waals surface area contributed by atoms with Gasteiger partial charge in [-0.1, -0.05) is 48.0 Å². The smallest absolute Gasteiger partial charge is 0.300 e. The number of benzene rings is 3. The largest absolute Gasteiger partial charge is 0.507 e. The van der Waals surface area contributed by atoms with Gasteiger partial charge in [0, 0.05) is 46.0 Å². The Morgan fingerprint density at radius 2 is 1.56 bits per heavy atom. The van der Waals surface area contributed by atoms with Crippen molar-refractivity contribution in [3.63, 3.8) is 0 Å². The van der Waals surface area contributed by atoms with Crippen LogP contribution in [0.1, 0.15) is 17.2 Å². The number of para-hydroxylation sites is 2. The summed E-state index contributed by atoms with van der Waals surface area (Å²) in [6, 6.07) is 22.6. The Hall–Kier alpha value is -3.83. The number of ketones is 1. The van der Waals surface area contributed by atoms with E-state index in [1.807, 2.05) is 60.3 Å². The van der Waals surface area contributed by atoms with Gasteiger partial charge in [0.25, 0.3) is 11.7 Å². The summed E-state index contributed by atoms with van der Waals surface area (Å²) < 4.78 is 1.96. The van der Waals surface area contributed by atoms with Crippen molar-refractivity contribution in [3.05, 3.63) is 107 Å². The molecule has 1 aromatic heterocycles. The molecule has 32 heavy (non-hydrogen) atoms. The summed E-state index contributed by atoms with van der Waals surface area (Å²) >= 11 is 5.99. The Labute approximate surface area is 189 Å². The molecule has 5 nitrogen and oxygen atoms in total. The van der Waals surface area contributed by atoms with E-state index in [1.165, 1.54) is 4.90 Å². The molecule has 0 bridgehead atoms. The van der Waals surface area contributed by atoms with Crippen molar-refractivity contribution >= 4 is 45.6 Å². The number of rotatable bonds is 3. The van der Waals surface area contributed by atoms with Crippen LogP contribution in [0.5, 0.6) is 0 Å². The van der Waals surface area contributed by atoms with Crippen molar-refractivity contribution in [1.82, 2.24) is 4.57 Å². The molecule has 3 aromatic carbocycles. The van der Waals surface area contributed by atoms with Crippen LogP contribution < -0.4 is 4.90 Å². The van der Waals surface area contributed by atoms with Crippen LogP contribution in [0.2, 0.25) is 5.02 Å². The number of halogens is 1. The molecule has 158 valence electrons. The fraction of sp³-hybridized carbons (Fsp3) is 0.0769. The fourth-order valence-electron chi connectivity index (χ4n) is 4.34. The number of nitrogens with zero attached hydrogens (tertiary/aromatic N) is 2. The number of hydrogen-bond acceptors (Lipinski definition) is 3. The number of hydrogen-bond donors (Lipinski definition) is 1. The van der Waals surface area contributed by atoms with Gasteiger partial charge in [-0.05, 0) is 42.5 Å². The zero-order valence-electron chi connectivity index (χ0n) is 17.2. The predicted molar refractivity (Wildman–Crippen MR) is 126 cm³/mol. The van der Waals surface area contributed by atoms with E-state index in [0.717, 1.165) is 16.5 Å². The molecule has 1 aliphatic rings. The topological polar surface area (TPSA) is 62.5 Å². The first-order valence-electron chi connectivity index (χ1n) is 10.1. The van der Waals surface area contributed by atoms with Crippen LogP contribution in [-0.2, 0) is 16.6 Å². The van der Waals surface area contributed by atoms with Crippen LogP contribution in [0.3, 0.4) is 0 Å². The van der Waals surface area contributed by atoms with Crippen molar-refractivity contribution in [2.24, 2.45) is 7.05 Å². The van der Waals surface area contributed by atoms with Crippen LogP contribution in [0.4, 0.5) is 5.69 Å². The third kappa shape index (κ3) is 3.10. The SMILES string of the molecule is Cn1cc(C2/C(=C(\O)c3ccc(Cl)cc3)C(=O)C(=O)N2c2ccccc2)c2ccccc21. The molecule has 0 saturated carbocycles. The van der Waals surface area contributed by atoms with Gasteiger partial charge in [0.1, 0.15) is 5.76 Å². The van der Waals surface area contributed by atoms with Gasteiger partial charge in [-0.3, -0.25) is 14.5 Å². The predicted octanol–water partition coefficient (Wildman–Crippen LogP) is 5.46. The van der Waals surface area contributed by atoms with Crippen LogP contribution in [0.15, 0.2) is 90.6 Å². The number of aliphatic hydroxyl groups is 1. The molecule has 0 aliphatic carbocycles. The molecule has 1 N–H and O–H groups in total. The molecule has 1 saturated heterocycles. The number of aliphatic hydroxyl groups excluding tert-OH is 1. The Kier molecular flexibility index (Phi) is 4.83. The molecule has 1 amide bonds. The second-order valence-electron chi connectivity index (χ2n) is 7.72. The first kappa shape index (κ1) is 20.1. The molecule has 1 fully saturated rings. The summed E-state index contributed by atoms with van der Waals surface area (Å²) in [5, 5.41) is 12.6. The van der Waals surface area contributed by atoms with Gasteiger partial charge in [-0.15, -0.1) is 0 Å². The number of aromatic nitrogens is 1. The summed E-state index contributed by atoms with van der Waals surface area (Å²) in [4.78, 5) is 28.0. The number of carbonyl (C=O) groups excluding carboxylic acids is 2. The van der Waals surface area contributed by atoms with Gasteiger partial charge in [-0.2, -0.15) is 0 Å². The average molecular weight is 443 g/mol. The Morgan fingerprint density at radius 1 is 0.906 bits per heavy atom. The molecule has 4 aromatic rings. The molecule has 1 unspecified atom stereocenters. The molecular formula is C26H19ClN2O3. The summed E-state index contributed by atoms with van der Waals surface area (Å²) in [6.45, 7) is 0. The zero-order chi connectivity index (χ0) is 22.4. The van der Waals surface area contributed by atoms with Crippen LogP contribution >= 0.6 is 11.6 Å². The highest BCUT2D eigenvalue weighted by molar-refractivity contribution is 6.52. The maximum atomic E-state index is 13.3. The van der Waals surface area contributed by atoms with Gasteiger partial charge in [0.05, 0.1) is 11.6 Å². The first-order valence-corrected chi connectivity index (χ1v) is 10.5. The molecule has 5 rings (SSSR count). The number of anilines is 1. The lowest BCUT2D eigenvalue weighted by atomic mass is 9.95. The zero-order valence-corrected chi connectivity index (χ0v) is 18.0. The summed E-state index contributed by atoms with van der Waals surface area (Å²) in [6.07, 6.45) is 1.91. The number of carbonyl (C=O) groups is 2. The molecule has 2 heterocycles. The van der Waals surface area contributed by atoms with Crippen LogP contribution in [-0.4, -0.2) is 21.4 Å². The highest BCUT2D eigenvalue weighted by atomic mass is 35.5. The molecule has 6 heteroatoms. The minimum absolute atomic E-state index is 0.0533. The maximum Gasteiger partial charge on any atom is 0.300 e. The van der Waals surface area contributed by atoms with Crippen LogP contribution in [0.25, 0.3) is 16.7 Å². The van der Waals surface area contributed by atoms with E-state index in [-0.39, 0.29) is 11.3 Å². The van der Waals surface area contributed by atoms with Crippen molar-refractivity contribution in [1.29, 1.82) is 0 Å². The first-order chi connectivity index (χ1) is 15.5. The molecule has 0 radical (unpaired) electrons. The molecule has 1 atom stereocenters. The Balaban J connectivity index is 1.80. The van der Waals surface area contributed by atoms with E-state index in [4.69, 9.17) is 11.6 Å². The lowest BCUT2D eigenvalue weighted by Crippen LogP contribution is -2.29. The van der Waals surface area contributed by atoms with Crippen molar-refractivity contribution in [3.8, 4) is 0 Å².